The van der Waals surface area contributed by atoms with Crippen molar-refractivity contribution < 1.29 is 43.9 Å². The van der Waals surface area contributed by atoms with E-state index in [0.29, 0.717) is 60.6 Å². The molecule has 10 atom stereocenters. The highest BCUT2D eigenvalue weighted by Gasteiger charge is 2.36. The number of piperidine rings is 2. The number of phenols is 2. The van der Waals surface area contributed by atoms with Crippen LogP contribution < -0.4 is 30.1 Å². The summed E-state index contributed by atoms with van der Waals surface area (Å²) < 4.78 is 16.2. The predicted molar refractivity (Wildman–Crippen MR) is 406 cm³/mol. The number of hydrogen-bond acceptors (Lipinski definition) is 15. The summed E-state index contributed by atoms with van der Waals surface area (Å²) in [6.07, 6.45) is 8.18. The first-order chi connectivity index (χ1) is 46.4. The van der Waals surface area contributed by atoms with Crippen molar-refractivity contribution in [2.24, 2.45) is 11.8 Å². The van der Waals surface area contributed by atoms with E-state index in [4.69, 9.17) is 30.9 Å². The van der Waals surface area contributed by atoms with Gasteiger partial charge >= 0.3 is 12.2 Å². The van der Waals surface area contributed by atoms with Crippen LogP contribution in [0.2, 0.25) is 0 Å². The number of piperazine rings is 3. The van der Waals surface area contributed by atoms with E-state index in [2.05, 4.69) is 142 Å². The Balaban J connectivity index is 0.000000257. The number of benzene rings is 5. The van der Waals surface area contributed by atoms with Crippen molar-refractivity contribution in [3.63, 3.8) is 0 Å². The van der Waals surface area contributed by atoms with Crippen LogP contribution in [0.5, 0.6) is 17.2 Å². The van der Waals surface area contributed by atoms with Gasteiger partial charge in [0.2, 0.25) is 5.24 Å². The third kappa shape index (κ3) is 30.8. The number of amides is 2. The minimum atomic E-state index is -0.468. The summed E-state index contributed by atoms with van der Waals surface area (Å²) in [6.45, 7) is 42.1. The number of ether oxygens (including phenoxy) is 3. The van der Waals surface area contributed by atoms with Crippen LogP contribution in [0, 0.1) is 11.8 Å². The quantitative estimate of drug-likeness (QED) is 0.0787. The van der Waals surface area contributed by atoms with Crippen LogP contribution in [-0.4, -0.2) is 180 Å². The van der Waals surface area contributed by atoms with Gasteiger partial charge in [0.25, 0.3) is 0 Å². The van der Waals surface area contributed by atoms with Crippen LogP contribution in [-0.2, 0) is 27.1 Å². The van der Waals surface area contributed by atoms with Gasteiger partial charge in [-0.3, -0.25) is 9.69 Å². The molecule has 546 valence electrons. The second kappa shape index (κ2) is 42.4. The van der Waals surface area contributed by atoms with Crippen molar-refractivity contribution in [2.75, 3.05) is 87.8 Å². The SMILES string of the molecule is CO.COc1cccc(N2C[C@@H](C)N(C(=O)OC(C)(C)C)C[C@H]2C)c1.C[C@@H]1CN(c2cccc(O)c2)[C@H](C)CN1.C[C@@H]1CN(c2cccc(O)c2)[C@H](C)CN1CCCc1ccccc1.C[C@H]1CC[C@@H](C)N(C(=O)OC(C)(C)C)C1.C[C@H]1CC[C@@H](C)NC1.O=C(Cl)CCc1ccccc1. The number of aliphatic hydroxyl groups excluding tert-OH is 1. The summed E-state index contributed by atoms with van der Waals surface area (Å²) in [4.78, 5) is 48.0. The third-order valence-corrected chi connectivity index (χ3v) is 18.2. The zero-order valence-corrected chi connectivity index (χ0v) is 63.6. The molecule has 18 heteroatoms. The Morgan fingerprint density at radius 1 is 0.480 bits per heavy atom. The van der Waals surface area contributed by atoms with Crippen LogP contribution in [0.15, 0.2) is 133 Å². The number of aliphatic hydroxyl groups is 1. The lowest BCUT2D eigenvalue weighted by Crippen LogP contribution is -2.59. The fourth-order valence-corrected chi connectivity index (χ4v) is 12.6. The number of anilines is 3. The number of carbonyl (C=O) groups is 3. The van der Waals surface area contributed by atoms with E-state index in [1.54, 1.807) is 19.2 Å². The van der Waals surface area contributed by atoms with E-state index >= 15 is 0 Å². The van der Waals surface area contributed by atoms with Crippen molar-refractivity contribution in [1.82, 2.24) is 25.3 Å². The zero-order valence-electron chi connectivity index (χ0n) is 62.8. The Labute approximate surface area is 595 Å². The molecule has 0 unspecified atom stereocenters. The molecule has 5 saturated heterocycles. The lowest BCUT2D eigenvalue weighted by atomic mass is 9.95. The van der Waals surface area contributed by atoms with E-state index in [9.17, 15) is 24.6 Å². The molecule has 5 heterocycles. The monoisotopic (exact) mass is 1380 g/mol. The number of methoxy groups -OCH3 is 1. The topological polar surface area (TPSA) is 183 Å². The molecule has 5 aromatic carbocycles. The van der Waals surface area contributed by atoms with Crippen molar-refractivity contribution >= 4 is 46.1 Å². The van der Waals surface area contributed by atoms with Gasteiger partial charge in [-0.25, -0.2) is 9.59 Å². The molecule has 0 aromatic heterocycles. The first-order valence-corrected chi connectivity index (χ1v) is 36.2. The lowest BCUT2D eigenvalue weighted by Gasteiger charge is -2.45. The number of phenolic OH excluding ortho intramolecular Hbond substituents is 2. The van der Waals surface area contributed by atoms with Crippen molar-refractivity contribution in [3.05, 3.63) is 145 Å². The van der Waals surface area contributed by atoms with E-state index in [0.717, 1.165) is 113 Å². The maximum Gasteiger partial charge on any atom is 0.410 e. The molecule has 98 heavy (non-hydrogen) atoms. The van der Waals surface area contributed by atoms with Crippen LogP contribution in [0.3, 0.4) is 0 Å². The Morgan fingerprint density at radius 3 is 1.44 bits per heavy atom. The zero-order chi connectivity index (χ0) is 72.7. The van der Waals surface area contributed by atoms with E-state index in [1.165, 1.54) is 37.8 Å². The number of nitrogens with zero attached hydrogens (tertiary/aromatic N) is 6. The number of carbonyl (C=O) groups excluding carboxylic acids is 3. The highest BCUT2D eigenvalue weighted by atomic mass is 35.5. The smallest absolute Gasteiger partial charge is 0.410 e. The maximum atomic E-state index is 12.4. The van der Waals surface area contributed by atoms with Gasteiger partial charge in [-0.15, -0.1) is 0 Å². The van der Waals surface area contributed by atoms with E-state index < -0.39 is 11.2 Å². The first-order valence-electron chi connectivity index (χ1n) is 35.8. The van der Waals surface area contributed by atoms with Gasteiger partial charge in [-0.2, -0.15) is 0 Å². The normalized spacial score (nSPS) is 23.2. The molecule has 2 amide bonds. The number of aromatic hydroxyl groups is 2. The van der Waals surface area contributed by atoms with E-state index in [1.807, 2.05) is 130 Å². The molecule has 10 rings (SSSR count). The van der Waals surface area contributed by atoms with E-state index in [-0.39, 0.29) is 29.5 Å². The van der Waals surface area contributed by atoms with Gasteiger partial charge in [-0.05, 0) is 226 Å². The summed E-state index contributed by atoms with van der Waals surface area (Å²) in [5.74, 6) is 3.03. The molecule has 0 radical (unpaired) electrons. The molecule has 0 spiro atoms. The summed E-state index contributed by atoms with van der Waals surface area (Å²) in [5.41, 5.74) is 5.07. The second-order valence-corrected chi connectivity index (χ2v) is 29.9. The van der Waals surface area contributed by atoms with Crippen LogP contribution in [0.1, 0.15) is 160 Å². The maximum absolute atomic E-state index is 12.4. The molecule has 0 bridgehead atoms. The summed E-state index contributed by atoms with van der Waals surface area (Å²) >= 11 is 5.19. The molecular formula is C80H125ClN8O9. The minimum Gasteiger partial charge on any atom is -0.508 e. The minimum absolute atomic E-state index is 0.0900. The lowest BCUT2D eigenvalue weighted by molar-refractivity contribution is -0.111. The molecule has 5 aliphatic rings. The van der Waals surface area contributed by atoms with Crippen molar-refractivity contribution in [2.45, 2.75) is 222 Å². The summed E-state index contributed by atoms with van der Waals surface area (Å²) in [7, 11) is 2.67. The Kier molecular flexibility index (Phi) is 36.2. The Bertz CT molecular complexity index is 3040. The molecule has 5 aromatic rings. The van der Waals surface area contributed by atoms with Crippen molar-refractivity contribution in [3.8, 4) is 17.2 Å². The van der Waals surface area contributed by atoms with Gasteiger partial charge in [0.05, 0.1) is 7.11 Å². The average molecular weight is 1380 g/mol. The van der Waals surface area contributed by atoms with Gasteiger partial charge in [0.1, 0.15) is 28.5 Å². The largest absolute Gasteiger partial charge is 0.508 e. The highest BCUT2D eigenvalue weighted by molar-refractivity contribution is 6.63. The molecule has 17 nitrogen and oxygen atoms in total. The molecule has 0 aliphatic carbocycles. The summed E-state index contributed by atoms with van der Waals surface area (Å²) in [5, 5.41) is 32.8. The Morgan fingerprint density at radius 2 is 0.949 bits per heavy atom. The second-order valence-electron chi connectivity index (χ2n) is 29.5. The standard InChI is InChI=1S/C21H28N2O.C18H28N2O3.C12H18N2O.C12H23NO2.C9H9ClO.C7H15N.CH4O/c1-17-16-23(20-11-6-12-21(24)14-20)18(2)15-22(17)13-7-10-19-8-4-3-5-9-19;1-13-12-20(17(21)23-18(3,4)5)14(2)11-19(13)15-8-7-9-16(10-15)22-6;1-9-8-14(10(2)7-13-9)11-4-3-5-12(15)6-11;1-9-6-7-10(2)13(8-9)11(14)15-12(3,4)5;10-9(11)7-6-8-4-2-1-3-5-8;1-6-3-4-7(2)8-5-6;1-2/h3-6,8-9,11-12,14,17-18,24H,7,10,13,15-16H2,1-2H3;7-10,13-14H,11-12H2,1-6H3;3-6,9-10,13,15H,7-8H2,1-2H3;9-10H,6-8H2,1-5H3;1-5H,6-7H2;6-8H,3-5H2,1-2H3;2H,1H3/t17-,18-;13-,14-;9-,10-;9-,10+;;6-,7+;/m1110.0./s1. The first kappa shape index (κ1) is 83.7. The van der Waals surface area contributed by atoms with Crippen LogP contribution >= 0.6 is 11.6 Å². The van der Waals surface area contributed by atoms with Gasteiger partial charge in [-0.1, -0.05) is 92.7 Å². The number of likely N-dealkylation sites (tertiary alicyclic amines) is 1. The third-order valence-electron chi connectivity index (χ3n) is 18.1. The molecule has 5 fully saturated rings. The molecule has 5 N–H and O–H groups in total. The average Bonchev–Trinajstić information content (AvgIpc) is 0.819. The predicted octanol–water partition coefficient (Wildman–Crippen LogP) is 15.5. The molecule has 0 saturated carbocycles. The Hall–Kier alpha value is -6.76. The number of rotatable bonds is 11. The summed E-state index contributed by atoms with van der Waals surface area (Å²) in [6, 6.07) is 47.1. The number of halogens is 1. The van der Waals surface area contributed by atoms with Crippen LogP contribution in [0.25, 0.3) is 0 Å². The van der Waals surface area contributed by atoms with Gasteiger partial charge < -0.3 is 64.7 Å². The fourth-order valence-electron chi connectivity index (χ4n) is 12.5. The number of nitrogens with one attached hydrogen (secondary N) is 2. The van der Waals surface area contributed by atoms with Crippen molar-refractivity contribution in [1.29, 1.82) is 0 Å². The molecule has 5 aliphatic heterocycles. The fraction of sp³-hybridized carbons (Fsp3) is 0.588. The number of aryl methyl sites for hydroxylation is 2. The van der Waals surface area contributed by atoms with Crippen LogP contribution in [0.4, 0.5) is 26.7 Å². The highest BCUT2D eigenvalue weighted by Crippen LogP contribution is 2.30. The van der Waals surface area contributed by atoms with Gasteiger partial charge in [0.15, 0.2) is 0 Å². The molecular weight excluding hydrogens is 1250 g/mol. The number of hydrogen-bond donors (Lipinski definition) is 5. The van der Waals surface area contributed by atoms with Gasteiger partial charge in [0, 0.05) is 143 Å².